The molecule has 1 aromatic rings. The summed E-state index contributed by atoms with van der Waals surface area (Å²) in [6.07, 6.45) is 1.16. The van der Waals surface area contributed by atoms with Crippen LogP contribution >= 0.6 is 27.5 Å². The molecule has 0 spiro atoms. The number of alkyl halides is 1. The second-order valence-corrected chi connectivity index (χ2v) is 5.50. The first-order valence-corrected chi connectivity index (χ1v) is 7.25. The van der Waals surface area contributed by atoms with E-state index >= 15 is 0 Å². The van der Waals surface area contributed by atoms with Crippen LogP contribution in [0.25, 0.3) is 0 Å². The Morgan fingerprint density at radius 1 is 1.32 bits per heavy atom. The minimum absolute atomic E-state index is 0.186. The summed E-state index contributed by atoms with van der Waals surface area (Å²) in [5.74, 6) is -2.40. The number of carbonyl (C=O) groups is 1. The van der Waals surface area contributed by atoms with Crippen molar-refractivity contribution in [3.63, 3.8) is 0 Å². The van der Waals surface area contributed by atoms with Gasteiger partial charge in [0.05, 0.1) is 5.54 Å². The average molecular weight is 355 g/mol. The molecule has 0 aliphatic rings. The van der Waals surface area contributed by atoms with Gasteiger partial charge in [-0.05, 0) is 25.0 Å². The number of amides is 1. The predicted molar refractivity (Wildman–Crippen MR) is 75.6 cm³/mol. The summed E-state index contributed by atoms with van der Waals surface area (Å²) in [4.78, 5) is 12.0. The Balaban J connectivity index is 3.08. The van der Waals surface area contributed by atoms with E-state index in [1.54, 1.807) is 0 Å². The molecule has 0 unspecified atom stereocenters. The Hall–Kier alpha value is -0.680. The van der Waals surface area contributed by atoms with Crippen molar-refractivity contribution in [3.8, 4) is 0 Å². The van der Waals surface area contributed by atoms with Crippen LogP contribution in [-0.2, 0) is 0 Å². The number of hydrogen-bond acceptors (Lipinski definition) is 1. The molecule has 0 aromatic heterocycles. The van der Waals surface area contributed by atoms with Crippen LogP contribution in [0.1, 0.15) is 37.0 Å². The number of rotatable bonds is 5. The fourth-order valence-corrected chi connectivity index (χ4v) is 2.56. The highest BCUT2D eigenvalue weighted by molar-refractivity contribution is 9.10. The van der Waals surface area contributed by atoms with Crippen LogP contribution in [0, 0.1) is 11.6 Å². The normalized spacial score (nSPS) is 11.5. The van der Waals surface area contributed by atoms with Crippen molar-refractivity contribution in [1.29, 1.82) is 0 Å². The summed E-state index contributed by atoms with van der Waals surface area (Å²) in [7, 11) is 0. The van der Waals surface area contributed by atoms with Crippen LogP contribution in [0.5, 0.6) is 0 Å². The quantitative estimate of drug-likeness (QED) is 0.787. The van der Waals surface area contributed by atoms with Gasteiger partial charge in [-0.2, -0.15) is 0 Å². The van der Waals surface area contributed by atoms with Gasteiger partial charge >= 0.3 is 0 Å². The Kier molecular flexibility index (Phi) is 5.74. The fourth-order valence-electron chi connectivity index (χ4n) is 1.71. The molecule has 0 heterocycles. The number of hydrogen-bond donors (Lipinski definition) is 1. The highest BCUT2D eigenvalue weighted by Gasteiger charge is 2.29. The second kappa shape index (κ2) is 6.66. The second-order valence-electron chi connectivity index (χ2n) is 4.32. The molecule has 0 bridgehead atoms. The molecule has 1 N–H and O–H groups in total. The van der Waals surface area contributed by atoms with Gasteiger partial charge < -0.3 is 5.32 Å². The zero-order chi connectivity index (χ0) is 14.6. The van der Waals surface area contributed by atoms with E-state index in [9.17, 15) is 13.6 Å². The molecular formula is C13H15BrClF2NO. The van der Waals surface area contributed by atoms with E-state index in [2.05, 4.69) is 21.2 Å². The topological polar surface area (TPSA) is 29.1 Å². The highest BCUT2D eigenvalue weighted by atomic mass is 79.9. The van der Waals surface area contributed by atoms with Crippen LogP contribution in [0.2, 0.25) is 0 Å². The van der Waals surface area contributed by atoms with Gasteiger partial charge in [0.25, 0.3) is 5.91 Å². The van der Waals surface area contributed by atoms with Gasteiger partial charge in [-0.3, -0.25) is 4.79 Å². The third-order valence-corrected chi connectivity index (χ3v) is 4.19. The van der Waals surface area contributed by atoms with Crippen LogP contribution in [-0.4, -0.2) is 17.3 Å². The fraction of sp³-hybridized carbons (Fsp3) is 0.462. The van der Waals surface area contributed by atoms with E-state index in [1.807, 2.05) is 13.8 Å². The lowest BCUT2D eigenvalue weighted by Crippen LogP contribution is -2.49. The first-order chi connectivity index (χ1) is 8.89. The van der Waals surface area contributed by atoms with Crippen molar-refractivity contribution in [3.05, 3.63) is 33.8 Å². The van der Waals surface area contributed by atoms with Crippen molar-refractivity contribution >= 4 is 33.4 Å². The third-order valence-electron chi connectivity index (χ3n) is 3.22. The van der Waals surface area contributed by atoms with Gasteiger partial charge in [0.1, 0.15) is 17.2 Å². The predicted octanol–water partition coefficient (Wildman–Crippen LogP) is 4.25. The number of nitrogens with one attached hydrogen (secondary N) is 1. The number of halogens is 4. The van der Waals surface area contributed by atoms with Crippen LogP contribution < -0.4 is 5.32 Å². The van der Waals surface area contributed by atoms with E-state index < -0.39 is 28.6 Å². The summed E-state index contributed by atoms with van der Waals surface area (Å²) in [5.41, 5.74) is -1.23. The molecule has 0 fully saturated rings. The standard InChI is InChI=1S/C13H15BrClF2NO/c1-3-13(4-2,7-15)18-12(19)11-9(16)5-8(14)6-10(11)17/h5-6H,3-4,7H2,1-2H3,(H,18,19). The lowest BCUT2D eigenvalue weighted by atomic mass is 9.94. The smallest absolute Gasteiger partial charge is 0.257 e. The largest absolute Gasteiger partial charge is 0.345 e. The Labute approximate surface area is 124 Å². The van der Waals surface area contributed by atoms with E-state index in [0.717, 1.165) is 12.1 Å². The zero-order valence-electron chi connectivity index (χ0n) is 10.7. The molecule has 2 nitrogen and oxygen atoms in total. The maximum absolute atomic E-state index is 13.7. The van der Waals surface area contributed by atoms with E-state index in [4.69, 9.17) is 11.6 Å². The summed E-state index contributed by atoms with van der Waals surface area (Å²) >= 11 is 8.82. The summed E-state index contributed by atoms with van der Waals surface area (Å²) in [6, 6.07) is 2.11. The molecule has 1 rings (SSSR count). The SMILES string of the molecule is CCC(CC)(CCl)NC(=O)c1c(F)cc(Br)cc1F. The van der Waals surface area contributed by atoms with Gasteiger partial charge in [-0.25, -0.2) is 8.78 Å². The summed E-state index contributed by atoms with van der Waals surface area (Å²) < 4.78 is 27.6. The molecule has 1 amide bonds. The molecule has 1 aromatic carbocycles. The molecular weight excluding hydrogens is 340 g/mol. The van der Waals surface area contributed by atoms with Crippen LogP contribution in [0.15, 0.2) is 16.6 Å². The maximum Gasteiger partial charge on any atom is 0.257 e. The van der Waals surface area contributed by atoms with Crippen LogP contribution in [0.3, 0.4) is 0 Å². The molecule has 106 valence electrons. The summed E-state index contributed by atoms with van der Waals surface area (Å²) in [5, 5.41) is 2.63. The van der Waals surface area contributed by atoms with Crippen LogP contribution in [0.4, 0.5) is 8.78 Å². The van der Waals surface area contributed by atoms with E-state index in [1.165, 1.54) is 0 Å². The Morgan fingerprint density at radius 2 is 1.79 bits per heavy atom. The molecule has 0 saturated heterocycles. The van der Waals surface area contributed by atoms with Crippen molar-refractivity contribution in [2.45, 2.75) is 32.2 Å². The van der Waals surface area contributed by atoms with Gasteiger partial charge in [-0.1, -0.05) is 29.8 Å². The average Bonchev–Trinajstić information content (AvgIpc) is 2.35. The molecule has 0 saturated carbocycles. The lowest BCUT2D eigenvalue weighted by molar-refractivity contribution is 0.0894. The maximum atomic E-state index is 13.7. The van der Waals surface area contributed by atoms with Crippen molar-refractivity contribution in [2.24, 2.45) is 0 Å². The third kappa shape index (κ3) is 3.66. The first-order valence-electron chi connectivity index (χ1n) is 5.92. The highest BCUT2D eigenvalue weighted by Crippen LogP contribution is 2.22. The Morgan fingerprint density at radius 3 is 2.16 bits per heavy atom. The van der Waals surface area contributed by atoms with Crippen molar-refractivity contribution in [2.75, 3.05) is 5.88 Å². The van der Waals surface area contributed by atoms with Crippen molar-refractivity contribution < 1.29 is 13.6 Å². The minimum atomic E-state index is -0.903. The monoisotopic (exact) mass is 353 g/mol. The zero-order valence-corrected chi connectivity index (χ0v) is 13.0. The molecule has 0 aliphatic heterocycles. The van der Waals surface area contributed by atoms with Gasteiger partial charge in [0, 0.05) is 10.4 Å². The van der Waals surface area contributed by atoms with Gasteiger partial charge in [0.15, 0.2) is 0 Å². The molecule has 0 radical (unpaired) electrons. The van der Waals surface area contributed by atoms with Gasteiger partial charge in [0.2, 0.25) is 0 Å². The lowest BCUT2D eigenvalue weighted by Gasteiger charge is -2.30. The Bertz CT molecular complexity index is 446. The molecule has 0 aliphatic carbocycles. The summed E-state index contributed by atoms with van der Waals surface area (Å²) in [6.45, 7) is 3.72. The van der Waals surface area contributed by atoms with E-state index in [0.29, 0.717) is 12.8 Å². The number of carbonyl (C=O) groups excluding carboxylic acids is 1. The molecule has 0 atom stereocenters. The molecule has 6 heteroatoms. The van der Waals surface area contributed by atoms with Gasteiger partial charge in [-0.15, -0.1) is 11.6 Å². The number of benzene rings is 1. The minimum Gasteiger partial charge on any atom is -0.345 e. The van der Waals surface area contributed by atoms with Crippen molar-refractivity contribution in [1.82, 2.24) is 5.32 Å². The van der Waals surface area contributed by atoms with E-state index in [-0.39, 0.29) is 10.4 Å². The molecule has 19 heavy (non-hydrogen) atoms. The first kappa shape index (κ1) is 16.4.